The Balaban J connectivity index is 2.90. The maximum atomic E-state index is 10.8. The highest BCUT2D eigenvalue weighted by molar-refractivity contribution is 6.49. The number of rotatable bonds is 4. The minimum Gasteiger partial charge on any atom is -0.521 e. The number of carbonyl (C=O) groups excluding carboxylic acids is 1. The molecule has 15 heavy (non-hydrogen) atoms. The van der Waals surface area contributed by atoms with Gasteiger partial charge in [-0.1, -0.05) is 32.0 Å². The molecule has 0 aromatic heterocycles. The number of carbonyl (C=O) groups is 1. The first-order valence-electron chi connectivity index (χ1n) is 5.42. The minimum atomic E-state index is -0.879. The van der Waals surface area contributed by atoms with Crippen molar-refractivity contribution in [1.29, 1.82) is 0 Å². The summed E-state index contributed by atoms with van der Waals surface area (Å²) in [5.74, 6) is -0.161. The second-order valence-corrected chi connectivity index (χ2v) is 4.88. The third-order valence-electron chi connectivity index (χ3n) is 2.54. The van der Waals surface area contributed by atoms with E-state index in [1.54, 1.807) is 0 Å². The monoisotopic (exact) mass is 222 g/mol. The summed E-state index contributed by atoms with van der Waals surface area (Å²) in [4.78, 5) is 10.8. The van der Waals surface area contributed by atoms with Crippen molar-refractivity contribution in [2.24, 2.45) is 0 Å². The summed E-state index contributed by atoms with van der Waals surface area (Å²) < 4.78 is 5.17. The zero-order valence-corrected chi connectivity index (χ0v) is 11.1. The van der Waals surface area contributed by atoms with Crippen LogP contribution in [-0.2, 0) is 22.1 Å². The van der Waals surface area contributed by atoms with Crippen LogP contribution in [0.15, 0.2) is 18.2 Å². The number of hydrogen-bond acceptors (Lipinski definition) is 2. The Kier molecular flexibility index (Phi) is 4.56. The van der Waals surface area contributed by atoms with E-state index in [-0.39, 0.29) is 5.97 Å². The van der Waals surface area contributed by atoms with Gasteiger partial charge in [0.2, 0.25) is 0 Å². The van der Waals surface area contributed by atoms with Crippen LogP contribution in [0.25, 0.3) is 0 Å². The predicted molar refractivity (Wildman–Crippen MR) is 65.1 cm³/mol. The molecule has 0 atom stereocenters. The molecule has 0 unspecified atom stereocenters. The van der Waals surface area contributed by atoms with Gasteiger partial charge >= 0.3 is 0 Å². The Morgan fingerprint density at radius 2 is 2.07 bits per heavy atom. The first-order chi connectivity index (χ1) is 7.19. The highest BCUT2D eigenvalue weighted by Gasteiger charge is 2.07. The van der Waals surface area contributed by atoms with Gasteiger partial charge in [-0.15, -0.1) is 0 Å². The van der Waals surface area contributed by atoms with E-state index in [0.717, 1.165) is 12.8 Å². The third-order valence-corrected chi connectivity index (χ3v) is 4.06. The van der Waals surface area contributed by atoms with E-state index in [1.807, 2.05) is 0 Å². The molecule has 0 amide bonds. The molecule has 1 aromatic carbocycles. The lowest BCUT2D eigenvalue weighted by molar-refractivity contribution is -0.131. The van der Waals surface area contributed by atoms with Crippen molar-refractivity contribution in [2.45, 2.75) is 33.6 Å². The normalized spacial score (nSPS) is 10.9. The molecule has 0 spiro atoms. The van der Waals surface area contributed by atoms with E-state index in [2.05, 4.69) is 32.0 Å². The highest BCUT2D eigenvalue weighted by Crippen LogP contribution is 2.07. The largest absolute Gasteiger partial charge is 0.521 e. The SMILES string of the molecule is CCc1cccc([SiH2]OC(C)=O)c1CC. The van der Waals surface area contributed by atoms with Gasteiger partial charge in [-0.2, -0.15) is 0 Å². The van der Waals surface area contributed by atoms with E-state index in [0.29, 0.717) is 0 Å². The number of benzene rings is 1. The van der Waals surface area contributed by atoms with Gasteiger partial charge < -0.3 is 4.43 Å². The topological polar surface area (TPSA) is 26.3 Å². The third kappa shape index (κ3) is 3.20. The first-order valence-corrected chi connectivity index (χ1v) is 6.70. The summed E-state index contributed by atoms with van der Waals surface area (Å²) in [5.41, 5.74) is 2.77. The van der Waals surface area contributed by atoms with Crippen molar-refractivity contribution in [3.05, 3.63) is 29.3 Å². The quantitative estimate of drug-likeness (QED) is 0.713. The first kappa shape index (κ1) is 12.0. The number of aryl methyl sites for hydroxylation is 1. The molecular formula is C12H18O2Si. The van der Waals surface area contributed by atoms with Gasteiger partial charge in [0.15, 0.2) is 0 Å². The second kappa shape index (κ2) is 5.71. The molecule has 82 valence electrons. The Hall–Kier alpha value is -1.09. The molecule has 1 rings (SSSR count). The van der Waals surface area contributed by atoms with Gasteiger partial charge in [0.05, 0.1) is 0 Å². The van der Waals surface area contributed by atoms with Crippen LogP contribution in [0.2, 0.25) is 0 Å². The van der Waals surface area contributed by atoms with E-state index in [4.69, 9.17) is 4.43 Å². The minimum absolute atomic E-state index is 0.161. The Bertz CT molecular complexity index is 347. The molecule has 0 aliphatic heterocycles. The zero-order valence-electron chi connectivity index (χ0n) is 9.67. The van der Waals surface area contributed by atoms with Crippen LogP contribution in [0.3, 0.4) is 0 Å². The summed E-state index contributed by atoms with van der Waals surface area (Å²) in [7, 11) is -0.879. The molecule has 0 radical (unpaired) electrons. The van der Waals surface area contributed by atoms with Crippen LogP contribution in [0.4, 0.5) is 0 Å². The molecule has 0 saturated carbocycles. The fourth-order valence-corrected chi connectivity index (χ4v) is 3.03. The highest BCUT2D eigenvalue weighted by atomic mass is 28.2. The van der Waals surface area contributed by atoms with Gasteiger partial charge in [0.1, 0.15) is 0 Å². The van der Waals surface area contributed by atoms with Gasteiger partial charge in [-0.3, -0.25) is 4.79 Å². The van der Waals surface area contributed by atoms with Crippen molar-refractivity contribution in [3.63, 3.8) is 0 Å². The predicted octanol–water partition coefficient (Wildman–Crippen LogP) is 1.08. The summed E-state index contributed by atoms with van der Waals surface area (Å²) in [6.45, 7) is 5.79. The zero-order chi connectivity index (χ0) is 11.3. The van der Waals surface area contributed by atoms with Gasteiger partial charge in [-0.05, 0) is 29.2 Å². The fourth-order valence-electron chi connectivity index (χ4n) is 1.79. The van der Waals surface area contributed by atoms with Crippen LogP contribution >= 0.6 is 0 Å². The van der Waals surface area contributed by atoms with Gasteiger partial charge in [-0.25, -0.2) is 0 Å². The molecule has 0 heterocycles. The van der Waals surface area contributed by atoms with Crippen molar-refractivity contribution < 1.29 is 9.22 Å². The van der Waals surface area contributed by atoms with Crippen molar-refractivity contribution >= 4 is 20.9 Å². The Morgan fingerprint density at radius 3 is 2.60 bits per heavy atom. The van der Waals surface area contributed by atoms with E-state index < -0.39 is 9.76 Å². The lowest BCUT2D eigenvalue weighted by atomic mass is 10.0. The standard InChI is InChI=1S/C12H18O2Si/c1-4-10-7-6-8-12(11(10)5-2)15-14-9(3)13/h6-8H,4-5,15H2,1-3H3. The second-order valence-electron chi connectivity index (χ2n) is 3.54. The van der Waals surface area contributed by atoms with Crippen LogP contribution in [-0.4, -0.2) is 15.7 Å². The van der Waals surface area contributed by atoms with Crippen molar-refractivity contribution in [1.82, 2.24) is 0 Å². The Labute approximate surface area is 93.6 Å². The smallest absolute Gasteiger partial charge is 0.289 e. The summed E-state index contributed by atoms with van der Waals surface area (Å²) >= 11 is 0. The van der Waals surface area contributed by atoms with Crippen molar-refractivity contribution in [3.8, 4) is 0 Å². The molecular weight excluding hydrogens is 204 g/mol. The Morgan fingerprint density at radius 1 is 1.33 bits per heavy atom. The summed E-state index contributed by atoms with van der Waals surface area (Å²) in [5, 5.41) is 1.27. The van der Waals surface area contributed by atoms with E-state index in [9.17, 15) is 4.79 Å². The molecule has 3 heteroatoms. The van der Waals surface area contributed by atoms with E-state index in [1.165, 1.54) is 23.2 Å². The maximum absolute atomic E-state index is 10.8. The summed E-state index contributed by atoms with van der Waals surface area (Å²) in [6.07, 6.45) is 2.07. The number of hydrogen-bond donors (Lipinski definition) is 0. The average molecular weight is 222 g/mol. The molecule has 0 fully saturated rings. The average Bonchev–Trinajstić information content (AvgIpc) is 2.25. The van der Waals surface area contributed by atoms with Crippen LogP contribution in [0.5, 0.6) is 0 Å². The van der Waals surface area contributed by atoms with E-state index >= 15 is 0 Å². The molecule has 0 N–H and O–H groups in total. The van der Waals surface area contributed by atoms with Crippen LogP contribution in [0, 0.1) is 0 Å². The van der Waals surface area contributed by atoms with Crippen LogP contribution in [0.1, 0.15) is 31.9 Å². The molecule has 2 nitrogen and oxygen atoms in total. The maximum Gasteiger partial charge on any atom is 0.289 e. The summed E-state index contributed by atoms with van der Waals surface area (Å²) in [6, 6.07) is 6.31. The fraction of sp³-hybridized carbons (Fsp3) is 0.417. The molecule has 0 aliphatic rings. The van der Waals surface area contributed by atoms with Crippen molar-refractivity contribution in [2.75, 3.05) is 0 Å². The molecule has 0 bridgehead atoms. The van der Waals surface area contributed by atoms with Gasteiger partial charge in [0.25, 0.3) is 15.7 Å². The lowest BCUT2D eigenvalue weighted by Crippen LogP contribution is -2.24. The molecule has 1 aromatic rings. The van der Waals surface area contributed by atoms with Gasteiger partial charge in [0, 0.05) is 6.92 Å². The van der Waals surface area contributed by atoms with Crippen LogP contribution < -0.4 is 5.19 Å². The molecule has 0 aliphatic carbocycles. The lowest BCUT2D eigenvalue weighted by Gasteiger charge is -2.11. The molecule has 0 saturated heterocycles.